The molecule has 8 heteroatoms. The van der Waals surface area contributed by atoms with Crippen LogP contribution in [0.25, 0.3) is 0 Å². The van der Waals surface area contributed by atoms with Crippen LogP contribution in [0.3, 0.4) is 0 Å². The van der Waals surface area contributed by atoms with E-state index in [1.54, 1.807) is 9.80 Å². The molecule has 38 heavy (non-hydrogen) atoms. The predicted molar refractivity (Wildman–Crippen MR) is 143 cm³/mol. The molecule has 2 aliphatic heterocycles. The maximum absolute atomic E-state index is 14.5. The normalized spacial score (nSPS) is 17.8. The van der Waals surface area contributed by atoms with Gasteiger partial charge in [-0.25, -0.2) is 4.79 Å². The molecular weight excluding hydrogens is 480 g/mol. The number of imide groups is 1. The second kappa shape index (κ2) is 11.2. The number of aliphatic hydroxyl groups is 1. The lowest BCUT2D eigenvalue weighted by atomic mass is 9.81. The smallest absolute Gasteiger partial charge is 0.329 e. The summed E-state index contributed by atoms with van der Waals surface area (Å²) in [6, 6.07) is 27.7. The Balaban J connectivity index is 1.52. The number of amides is 4. The van der Waals surface area contributed by atoms with Gasteiger partial charge in [0, 0.05) is 39.3 Å². The number of benzene rings is 3. The van der Waals surface area contributed by atoms with Crippen LogP contribution >= 0.6 is 0 Å². The molecule has 8 nitrogen and oxygen atoms in total. The number of carbonyl (C=O) groups is 3. The second-order valence-corrected chi connectivity index (χ2v) is 9.63. The van der Waals surface area contributed by atoms with Gasteiger partial charge in [-0.1, -0.05) is 91.0 Å². The summed E-state index contributed by atoms with van der Waals surface area (Å²) in [5.74, 6) is -0.685. The molecule has 2 aliphatic rings. The number of rotatable bonds is 8. The molecule has 2 fully saturated rings. The lowest BCUT2D eigenvalue weighted by Crippen LogP contribution is -2.52. The van der Waals surface area contributed by atoms with Crippen LogP contribution in [-0.2, 0) is 21.7 Å². The van der Waals surface area contributed by atoms with Crippen molar-refractivity contribution in [2.24, 2.45) is 0 Å². The molecule has 2 heterocycles. The Morgan fingerprint density at radius 1 is 0.763 bits per heavy atom. The largest absolute Gasteiger partial charge is 0.395 e. The summed E-state index contributed by atoms with van der Waals surface area (Å²) in [6.07, 6.45) is 0. The molecule has 0 bridgehead atoms. The van der Waals surface area contributed by atoms with E-state index in [1.807, 2.05) is 91.0 Å². The van der Waals surface area contributed by atoms with Gasteiger partial charge in [0.15, 0.2) is 5.54 Å². The van der Waals surface area contributed by atoms with E-state index in [0.29, 0.717) is 43.9 Å². The lowest BCUT2D eigenvalue weighted by Gasteiger charge is -2.36. The van der Waals surface area contributed by atoms with Gasteiger partial charge in [-0.15, -0.1) is 0 Å². The first kappa shape index (κ1) is 25.6. The Kier molecular flexibility index (Phi) is 7.53. The number of hydrogen-bond acceptors (Lipinski definition) is 5. The third kappa shape index (κ3) is 4.68. The zero-order chi connectivity index (χ0) is 26.5. The van der Waals surface area contributed by atoms with Gasteiger partial charge in [-0.3, -0.25) is 24.3 Å². The molecule has 0 atom stereocenters. The monoisotopic (exact) mass is 512 g/mol. The average molecular weight is 513 g/mol. The highest BCUT2D eigenvalue weighted by Gasteiger charge is 2.59. The van der Waals surface area contributed by atoms with Crippen molar-refractivity contribution in [2.75, 3.05) is 45.9 Å². The number of carbonyl (C=O) groups excluding carboxylic acids is 3. The Morgan fingerprint density at radius 3 is 1.82 bits per heavy atom. The molecule has 0 unspecified atom stereocenters. The Bertz CT molecular complexity index is 1220. The van der Waals surface area contributed by atoms with Crippen LogP contribution in [0.4, 0.5) is 4.79 Å². The highest BCUT2D eigenvalue weighted by atomic mass is 16.3. The Hall–Kier alpha value is -4.01. The van der Waals surface area contributed by atoms with Crippen LogP contribution in [0.15, 0.2) is 91.0 Å². The van der Waals surface area contributed by atoms with Gasteiger partial charge in [-0.05, 0) is 16.7 Å². The average Bonchev–Trinajstić information content (AvgIpc) is 3.17. The van der Waals surface area contributed by atoms with E-state index in [0.717, 1.165) is 10.5 Å². The third-order valence-corrected chi connectivity index (χ3v) is 7.42. The van der Waals surface area contributed by atoms with Gasteiger partial charge in [0.25, 0.3) is 5.91 Å². The van der Waals surface area contributed by atoms with Crippen LogP contribution in [0.2, 0.25) is 0 Å². The van der Waals surface area contributed by atoms with E-state index in [-0.39, 0.29) is 25.6 Å². The van der Waals surface area contributed by atoms with E-state index in [9.17, 15) is 19.5 Å². The quantitative estimate of drug-likeness (QED) is 0.469. The fourth-order valence-corrected chi connectivity index (χ4v) is 5.46. The van der Waals surface area contributed by atoms with Gasteiger partial charge in [0.2, 0.25) is 5.91 Å². The molecule has 2 saturated heterocycles. The summed E-state index contributed by atoms with van der Waals surface area (Å²) >= 11 is 0. The number of aliphatic hydroxyl groups excluding tert-OH is 1. The van der Waals surface area contributed by atoms with Gasteiger partial charge in [0.05, 0.1) is 6.61 Å². The molecule has 3 aromatic carbocycles. The minimum absolute atomic E-state index is 0.0725. The van der Waals surface area contributed by atoms with Crippen LogP contribution in [0.5, 0.6) is 0 Å². The molecule has 4 amide bonds. The molecular formula is C30H32N4O4. The number of nitrogens with zero attached hydrogens (tertiary/aromatic N) is 4. The summed E-state index contributed by atoms with van der Waals surface area (Å²) in [4.78, 5) is 48.4. The summed E-state index contributed by atoms with van der Waals surface area (Å²) in [6.45, 7) is 2.80. The molecule has 1 N–H and O–H groups in total. The summed E-state index contributed by atoms with van der Waals surface area (Å²) in [5, 5.41) is 9.20. The van der Waals surface area contributed by atoms with E-state index in [4.69, 9.17) is 0 Å². The van der Waals surface area contributed by atoms with Gasteiger partial charge in [0.1, 0.15) is 6.54 Å². The van der Waals surface area contributed by atoms with Crippen molar-refractivity contribution in [3.05, 3.63) is 108 Å². The highest BCUT2D eigenvalue weighted by Crippen LogP contribution is 2.44. The highest BCUT2D eigenvalue weighted by molar-refractivity contribution is 6.11. The van der Waals surface area contributed by atoms with Crippen LogP contribution in [-0.4, -0.2) is 88.4 Å². The molecule has 0 saturated carbocycles. The van der Waals surface area contributed by atoms with Gasteiger partial charge in [-0.2, -0.15) is 0 Å². The number of urea groups is 1. The van der Waals surface area contributed by atoms with Crippen molar-refractivity contribution in [3.63, 3.8) is 0 Å². The Morgan fingerprint density at radius 2 is 1.29 bits per heavy atom. The van der Waals surface area contributed by atoms with Crippen molar-refractivity contribution in [1.82, 2.24) is 19.6 Å². The molecule has 3 aromatic rings. The maximum atomic E-state index is 14.5. The molecule has 0 radical (unpaired) electrons. The van der Waals surface area contributed by atoms with E-state index in [2.05, 4.69) is 4.90 Å². The zero-order valence-corrected chi connectivity index (χ0v) is 21.3. The first-order valence-electron chi connectivity index (χ1n) is 12.9. The zero-order valence-electron chi connectivity index (χ0n) is 21.3. The minimum Gasteiger partial charge on any atom is -0.395 e. The van der Waals surface area contributed by atoms with Crippen molar-refractivity contribution in [1.29, 1.82) is 0 Å². The number of β-amino-alcohol motifs (C(OH)–C–C–N with tert-alkyl or cyclic N) is 1. The first-order chi connectivity index (χ1) is 18.6. The first-order valence-corrected chi connectivity index (χ1v) is 12.9. The fraction of sp³-hybridized carbons (Fsp3) is 0.300. The molecule has 196 valence electrons. The van der Waals surface area contributed by atoms with Crippen molar-refractivity contribution >= 4 is 17.8 Å². The SMILES string of the molecule is O=C(CN1C(=O)N(Cc2ccccc2)C(c2ccccc2)(c2ccccc2)C1=O)N1CCN(CCO)CC1. The van der Waals surface area contributed by atoms with Crippen molar-refractivity contribution in [2.45, 2.75) is 12.1 Å². The summed E-state index contributed by atoms with van der Waals surface area (Å²) in [7, 11) is 0. The molecule has 0 aliphatic carbocycles. The van der Waals surface area contributed by atoms with E-state index < -0.39 is 17.5 Å². The van der Waals surface area contributed by atoms with Crippen LogP contribution < -0.4 is 0 Å². The van der Waals surface area contributed by atoms with Crippen molar-refractivity contribution < 1.29 is 19.5 Å². The fourth-order valence-electron chi connectivity index (χ4n) is 5.46. The second-order valence-electron chi connectivity index (χ2n) is 9.63. The number of piperazine rings is 1. The van der Waals surface area contributed by atoms with Crippen molar-refractivity contribution in [3.8, 4) is 0 Å². The third-order valence-electron chi connectivity index (χ3n) is 7.42. The van der Waals surface area contributed by atoms with Crippen LogP contribution in [0, 0.1) is 0 Å². The van der Waals surface area contributed by atoms with Gasteiger partial charge < -0.3 is 10.0 Å². The maximum Gasteiger partial charge on any atom is 0.329 e. The predicted octanol–water partition coefficient (Wildman–Crippen LogP) is 2.53. The standard InChI is InChI=1S/C30H32N4O4/c35-21-20-31-16-18-32(19-17-31)27(36)23-33-28(37)30(25-12-6-2-7-13-25,26-14-8-3-9-15-26)34(29(33)38)22-24-10-4-1-5-11-24/h1-15,35H,16-23H2. The van der Waals surface area contributed by atoms with Crippen LogP contribution in [0.1, 0.15) is 16.7 Å². The minimum atomic E-state index is -1.41. The lowest BCUT2D eigenvalue weighted by molar-refractivity contribution is -0.140. The Labute approximate surface area is 222 Å². The summed E-state index contributed by atoms with van der Waals surface area (Å²) in [5.41, 5.74) is 0.828. The molecule has 0 aromatic heterocycles. The van der Waals surface area contributed by atoms with E-state index >= 15 is 0 Å². The molecule has 0 spiro atoms. The topological polar surface area (TPSA) is 84.4 Å². The van der Waals surface area contributed by atoms with Gasteiger partial charge >= 0.3 is 6.03 Å². The number of hydrogen-bond donors (Lipinski definition) is 1. The summed E-state index contributed by atoms with van der Waals surface area (Å²) < 4.78 is 0. The molecule has 5 rings (SSSR count). The van der Waals surface area contributed by atoms with E-state index in [1.165, 1.54) is 0 Å².